The standard InChI is InChI=1S/C30H18BNO2/c1-2-9-19(10-3-1)32-23-13-6-4-11-20(23)28-24(32)18-17-22-30(28)34-27-16-8-15-26-29(27)31(22)21-12-5-7-14-25(21)33-26/h1-18H. The van der Waals surface area contributed by atoms with Gasteiger partial charge in [0.05, 0.1) is 16.4 Å². The molecule has 2 aliphatic heterocycles. The van der Waals surface area contributed by atoms with Crippen molar-refractivity contribution in [2.75, 3.05) is 0 Å². The molecule has 0 spiro atoms. The largest absolute Gasteiger partial charge is 0.458 e. The number of nitrogens with zero attached hydrogens (tertiary/aromatic N) is 1. The maximum Gasteiger partial charge on any atom is 0.260 e. The number of hydrogen-bond acceptors (Lipinski definition) is 2. The van der Waals surface area contributed by atoms with Gasteiger partial charge in [0.15, 0.2) is 0 Å². The van der Waals surface area contributed by atoms with E-state index in [1.165, 1.54) is 21.8 Å². The maximum absolute atomic E-state index is 6.72. The second-order valence-corrected chi connectivity index (χ2v) is 8.91. The molecule has 0 fully saturated rings. The number of hydrogen-bond donors (Lipinski definition) is 0. The van der Waals surface area contributed by atoms with Gasteiger partial charge in [-0.25, -0.2) is 0 Å². The van der Waals surface area contributed by atoms with Crippen LogP contribution >= 0.6 is 0 Å². The van der Waals surface area contributed by atoms with Crippen LogP contribution in [0.25, 0.3) is 27.5 Å². The van der Waals surface area contributed by atoms with Crippen molar-refractivity contribution in [2.24, 2.45) is 0 Å². The monoisotopic (exact) mass is 435 g/mol. The highest BCUT2D eigenvalue weighted by Crippen LogP contribution is 2.41. The van der Waals surface area contributed by atoms with Crippen molar-refractivity contribution in [2.45, 2.75) is 0 Å². The smallest absolute Gasteiger partial charge is 0.260 e. The Balaban J connectivity index is 1.50. The molecular weight excluding hydrogens is 417 g/mol. The molecule has 0 unspecified atom stereocenters. The number of benzene rings is 5. The molecule has 0 N–H and O–H groups in total. The Labute approximate surface area is 196 Å². The zero-order valence-corrected chi connectivity index (χ0v) is 18.2. The summed E-state index contributed by atoms with van der Waals surface area (Å²) in [4.78, 5) is 0. The summed E-state index contributed by atoms with van der Waals surface area (Å²) in [5.74, 6) is 3.60. The van der Waals surface area contributed by atoms with Crippen LogP contribution in [0, 0.1) is 0 Å². The summed E-state index contributed by atoms with van der Waals surface area (Å²) in [7, 11) is 0. The molecule has 0 radical (unpaired) electrons. The van der Waals surface area contributed by atoms with Gasteiger partial charge >= 0.3 is 0 Å². The van der Waals surface area contributed by atoms with Gasteiger partial charge in [-0.15, -0.1) is 0 Å². The number of para-hydroxylation sites is 3. The highest BCUT2D eigenvalue weighted by molar-refractivity contribution is 6.98. The Kier molecular flexibility index (Phi) is 3.48. The minimum Gasteiger partial charge on any atom is -0.458 e. The lowest BCUT2D eigenvalue weighted by Crippen LogP contribution is -2.57. The van der Waals surface area contributed by atoms with Crippen LogP contribution in [0.1, 0.15) is 0 Å². The van der Waals surface area contributed by atoms with Crippen molar-refractivity contribution in [3.05, 3.63) is 109 Å². The number of fused-ring (bicyclic) bond motifs is 8. The molecular formula is C30H18BNO2. The van der Waals surface area contributed by atoms with Crippen molar-refractivity contribution in [3.8, 4) is 28.7 Å². The molecule has 0 saturated heterocycles. The molecule has 0 amide bonds. The first-order chi connectivity index (χ1) is 16.9. The van der Waals surface area contributed by atoms with E-state index >= 15 is 0 Å². The third-order valence-corrected chi connectivity index (χ3v) is 7.12. The Morgan fingerprint density at radius 1 is 0.529 bits per heavy atom. The SMILES string of the molecule is c1ccc(-n2c3ccccc3c3c4c(ccc32)B2c3ccccc3Oc3cccc(c32)O4)cc1. The lowest BCUT2D eigenvalue weighted by Gasteiger charge is -2.33. The third-order valence-electron chi connectivity index (χ3n) is 7.12. The van der Waals surface area contributed by atoms with Gasteiger partial charge in [-0.1, -0.05) is 66.7 Å². The highest BCUT2D eigenvalue weighted by Gasteiger charge is 2.40. The normalized spacial score (nSPS) is 13.1. The Morgan fingerprint density at radius 2 is 1.26 bits per heavy atom. The summed E-state index contributed by atoms with van der Waals surface area (Å²) in [5, 5.41) is 2.34. The fraction of sp³-hybridized carbons (Fsp3) is 0. The van der Waals surface area contributed by atoms with Gasteiger partial charge in [0.2, 0.25) is 0 Å². The molecule has 6 aromatic rings. The van der Waals surface area contributed by atoms with E-state index < -0.39 is 0 Å². The fourth-order valence-electron chi connectivity index (χ4n) is 5.74. The van der Waals surface area contributed by atoms with E-state index in [4.69, 9.17) is 9.47 Å². The van der Waals surface area contributed by atoms with E-state index in [0.717, 1.165) is 45.1 Å². The number of aromatic nitrogens is 1. The van der Waals surface area contributed by atoms with E-state index in [1.54, 1.807) is 0 Å². The van der Waals surface area contributed by atoms with Crippen LogP contribution in [0.5, 0.6) is 23.0 Å². The molecule has 2 aliphatic rings. The van der Waals surface area contributed by atoms with Crippen LogP contribution in [0.4, 0.5) is 0 Å². The van der Waals surface area contributed by atoms with E-state index in [9.17, 15) is 0 Å². The highest BCUT2D eigenvalue weighted by atomic mass is 16.5. The van der Waals surface area contributed by atoms with Crippen molar-refractivity contribution < 1.29 is 9.47 Å². The molecule has 3 heterocycles. The van der Waals surface area contributed by atoms with Crippen molar-refractivity contribution in [1.29, 1.82) is 0 Å². The molecule has 3 nitrogen and oxygen atoms in total. The molecule has 1 aromatic heterocycles. The van der Waals surface area contributed by atoms with E-state index in [0.29, 0.717) is 0 Å². The molecule has 0 atom stereocenters. The molecule has 158 valence electrons. The minimum atomic E-state index is 0.0723. The van der Waals surface area contributed by atoms with Gasteiger partial charge in [-0.2, -0.15) is 0 Å². The first kappa shape index (κ1) is 18.0. The first-order valence-corrected chi connectivity index (χ1v) is 11.6. The summed E-state index contributed by atoms with van der Waals surface area (Å²) in [6.45, 7) is 0.0723. The van der Waals surface area contributed by atoms with Gasteiger partial charge in [0.1, 0.15) is 23.0 Å². The van der Waals surface area contributed by atoms with Crippen molar-refractivity contribution in [1.82, 2.24) is 4.57 Å². The van der Waals surface area contributed by atoms with Crippen LogP contribution in [0.2, 0.25) is 0 Å². The quantitative estimate of drug-likeness (QED) is 0.318. The van der Waals surface area contributed by atoms with Crippen molar-refractivity contribution >= 4 is 44.9 Å². The summed E-state index contributed by atoms with van der Waals surface area (Å²) in [6, 6.07) is 38.1. The Morgan fingerprint density at radius 3 is 2.18 bits per heavy atom. The van der Waals surface area contributed by atoms with Crippen LogP contribution in [0.15, 0.2) is 109 Å². The zero-order chi connectivity index (χ0) is 22.2. The summed E-state index contributed by atoms with van der Waals surface area (Å²) < 4.78 is 15.3. The van der Waals surface area contributed by atoms with Gasteiger partial charge in [0, 0.05) is 16.5 Å². The minimum absolute atomic E-state index is 0.0723. The molecule has 0 aliphatic carbocycles. The number of rotatable bonds is 1. The lowest BCUT2D eigenvalue weighted by molar-refractivity contribution is 0.467. The van der Waals surface area contributed by atoms with Crippen LogP contribution in [-0.2, 0) is 0 Å². The van der Waals surface area contributed by atoms with E-state index in [1.807, 2.05) is 18.2 Å². The Bertz CT molecular complexity index is 1770. The summed E-state index contributed by atoms with van der Waals surface area (Å²) in [5.41, 5.74) is 6.93. The fourth-order valence-corrected chi connectivity index (χ4v) is 5.74. The van der Waals surface area contributed by atoms with Crippen molar-refractivity contribution in [3.63, 3.8) is 0 Å². The predicted molar refractivity (Wildman–Crippen MR) is 138 cm³/mol. The van der Waals surface area contributed by atoms with Crippen LogP contribution in [-0.4, -0.2) is 11.3 Å². The molecule has 8 rings (SSSR count). The van der Waals surface area contributed by atoms with Gasteiger partial charge in [-0.05, 0) is 53.4 Å². The average Bonchev–Trinajstić information content (AvgIpc) is 3.24. The van der Waals surface area contributed by atoms with Gasteiger partial charge in [-0.3, -0.25) is 0 Å². The molecule has 0 bridgehead atoms. The van der Waals surface area contributed by atoms with Crippen LogP contribution in [0.3, 0.4) is 0 Å². The predicted octanol–water partition coefficient (Wildman–Crippen LogP) is 5.51. The van der Waals surface area contributed by atoms with Gasteiger partial charge < -0.3 is 14.0 Å². The molecule has 34 heavy (non-hydrogen) atoms. The topological polar surface area (TPSA) is 23.4 Å². The lowest BCUT2D eigenvalue weighted by atomic mass is 9.35. The second kappa shape index (κ2) is 6.55. The first-order valence-electron chi connectivity index (χ1n) is 11.6. The molecule has 4 heteroatoms. The summed E-state index contributed by atoms with van der Waals surface area (Å²) >= 11 is 0. The van der Waals surface area contributed by atoms with Crippen LogP contribution < -0.4 is 25.9 Å². The maximum atomic E-state index is 6.72. The average molecular weight is 435 g/mol. The zero-order valence-electron chi connectivity index (χ0n) is 18.2. The number of ether oxygens (including phenoxy) is 2. The van der Waals surface area contributed by atoms with Gasteiger partial charge in [0.25, 0.3) is 6.71 Å². The molecule has 0 saturated carbocycles. The van der Waals surface area contributed by atoms with E-state index in [2.05, 4.69) is 95.6 Å². The van der Waals surface area contributed by atoms with E-state index in [-0.39, 0.29) is 6.71 Å². The Hall–Kier alpha value is -4.44. The second-order valence-electron chi connectivity index (χ2n) is 8.91. The third kappa shape index (κ3) is 2.27. The summed E-state index contributed by atoms with van der Waals surface area (Å²) in [6.07, 6.45) is 0. The molecule has 5 aromatic carbocycles.